The molecule has 2 aromatic carbocycles. The van der Waals surface area contributed by atoms with Gasteiger partial charge in [-0.1, -0.05) is 56.3 Å². The third-order valence-electron chi connectivity index (χ3n) is 8.89. The van der Waals surface area contributed by atoms with E-state index in [1.807, 2.05) is 0 Å². The normalized spacial score (nSPS) is 19.3. The Bertz CT molecular complexity index is 1680. The molecule has 2 fully saturated rings. The molecule has 0 bridgehead atoms. The highest BCUT2D eigenvalue weighted by atomic mass is 16.7. The second kappa shape index (κ2) is 15.0. The molecule has 2 saturated heterocycles. The van der Waals surface area contributed by atoms with Gasteiger partial charge in [0.1, 0.15) is 6.54 Å². The van der Waals surface area contributed by atoms with Gasteiger partial charge >= 0.3 is 5.97 Å². The number of amides is 7. The maximum Gasteiger partial charge on any atom is 0.352 e. The van der Waals surface area contributed by atoms with Crippen LogP contribution in [-0.2, 0) is 38.4 Å². The number of carbonyl (C=O) groups is 9. The van der Waals surface area contributed by atoms with E-state index in [4.69, 9.17) is 10.6 Å². The van der Waals surface area contributed by atoms with E-state index in [0.717, 1.165) is 0 Å². The Morgan fingerprint density at radius 2 is 1.45 bits per heavy atom. The Morgan fingerprint density at radius 3 is 2.02 bits per heavy atom. The summed E-state index contributed by atoms with van der Waals surface area (Å²) < 4.78 is 0. The first-order valence-corrected chi connectivity index (χ1v) is 15.7. The average Bonchev–Trinajstić information content (AvgIpc) is 3.51. The molecular weight excluding hydrogens is 638 g/mol. The smallest absolute Gasteiger partial charge is 0.352 e. The molecule has 0 saturated carbocycles. The number of imide groups is 2. The molecule has 258 valence electrons. The van der Waals surface area contributed by atoms with Crippen molar-refractivity contribution in [1.82, 2.24) is 20.6 Å². The van der Waals surface area contributed by atoms with Crippen molar-refractivity contribution in [2.45, 2.75) is 46.5 Å². The van der Waals surface area contributed by atoms with Crippen LogP contribution in [0.5, 0.6) is 0 Å². The van der Waals surface area contributed by atoms with Gasteiger partial charge in [0.05, 0.1) is 18.0 Å². The van der Waals surface area contributed by atoms with Crippen molar-refractivity contribution in [3.8, 4) is 0 Å². The Kier molecular flexibility index (Phi) is 11.1. The summed E-state index contributed by atoms with van der Waals surface area (Å²) in [5.74, 6) is -10.1. The maximum absolute atomic E-state index is 13.8. The lowest BCUT2D eigenvalue weighted by Crippen LogP contribution is -2.52. The van der Waals surface area contributed by atoms with Crippen molar-refractivity contribution in [3.05, 3.63) is 71.3 Å². The molecule has 4 unspecified atom stereocenters. The van der Waals surface area contributed by atoms with Gasteiger partial charge in [-0.05, 0) is 31.9 Å². The van der Waals surface area contributed by atoms with Crippen molar-refractivity contribution >= 4 is 53.1 Å². The van der Waals surface area contributed by atoms with Crippen LogP contribution in [0.15, 0.2) is 54.6 Å². The van der Waals surface area contributed by atoms with E-state index < -0.39 is 83.7 Å². The second-order valence-electron chi connectivity index (χ2n) is 12.2. The maximum atomic E-state index is 13.8. The van der Waals surface area contributed by atoms with E-state index in [2.05, 4.69) is 10.6 Å². The summed E-state index contributed by atoms with van der Waals surface area (Å²) >= 11 is 0. The highest BCUT2D eigenvalue weighted by molar-refractivity contribution is 6.10. The second-order valence-corrected chi connectivity index (χ2v) is 12.2. The molecule has 0 aliphatic carbocycles. The first-order chi connectivity index (χ1) is 23.2. The molecule has 4 rings (SSSR count). The van der Waals surface area contributed by atoms with Gasteiger partial charge in [0.2, 0.25) is 23.6 Å². The first-order valence-electron chi connectivity index (χ1n) is 15.7. The molecule has 4 atom stereocenters. The molecule has 2 aliphatic heterocycles. The zero-order chi connectivity index (χ0) is 36.0. The van der Waals surface area contributed by atoms with Crippen LogP contribution in [0.2, 0.25) is 0 Å². The van der Waals surface area contributed by atoms with E-state index in [0.29, 0.717) is 16.0 Å². The number of rotatable bonds is 14. The fraction of sp³-hybridized carbons (Fsp3) is 0.382. The SMILES string of the molecule is CCC(CC(C)(C(=O)NCNC(=O)c1ccc(C(=O)c2ccccc2)cc1)C1C(=O)N(CC(=O)ON2C(=O)CCC2=O)C(=O)C1C)C(N)=O. The Balaban J connectivity index is 1.46. The van der Waals surface area contributed by atoms with Crippen LogP contribution in [0.3, 0.4) is 0 Å². The van der Waals surface area contributed by atoms with Crippen LogP contribution in [0, 0.1) is 23.2 Å². The molecule has 4 N–H and O–H groups in total. The molecule has 15 heteroatoms. The molecule has 0 spiro atoms. The van der Waals surface area contributed by atoms with Crippen molar-refractivity contribution in [1.29, 1.82) is 0 Å². The number of hydrogen-bond donors (Lipinski definition) is 3. The molecule has 0 radical (unpaired) electrons. The largest absolute Gasteiger partial charge is 0.369 e. The molecule has 49 heavy (non-hydrogen) atoms. The zero-order valence-corrected chi connectivity index (χ0v) is 27.2. The van der Waals surface area contributed by atoms with Gasteiger partial charge in [-0.2, -0.15) is 0 Å². The monoisotopic (exact) mass is 675 g/mol. The van der Waals surface area contributed by atoms with Gasteiger partial charge in [0.15, 0.2) is 5.78 Å². The number of primary amides is 1. The number of hydroxylamine groups is 2. The Morgan fingerprint density at radius 1 is 0.878 bits per heavy atom. The van der Waals surface area contributed by atoms with E-state index in [9.17, 15) is 43.2 Å². The molecule has 7 amide bonds. The van der Waals surface area contributed by atoms with Gasteiger partial charge < -0.3 is 21.2 Å². The fourth-order valence-electron chi connectivity index (χ4n) is 6.13. The first kappa shape index (κ1) is 36.1. The van der Waals surface area contributed by atoms with E-state index in [1.165, 1.54) is 38.1 Å². The summed E-state index contributed by atoms with van der Waals surface area (Å²) in [6.45, 7) is 3.14. The van der Waals surface area contributed by atoms with Crippen molar-refractivity contribution in [2.75, 3.05) is 13.2 Å². The van der Waals surface area contributed by atoms with Crippen molar-refractivity contribution in [3.63, 3.8) is 0 Å². The van der Waals surface area contributed by atoms with E-state index in [1.54, 1.807) is 37.3 Å². The Labute approximate surface area is 281 Å². The number of carbonyl (C=O) groups excluding carboxylic acids is 9. The number of likely N-dealkylation sites (tertiary alicyclic amines) is 1. The number of hydrogen-bond acceptors (Lipinski definition) is 10. The highest BCUT2D eigenvalue weighted by Gasteiger charge is 2.57. The predicted octanol–water partition coefficient (Wildman–Crippen LogP) is 0.857. The van der Waals surface area contributed by atoms with Crippen LogP contribution in [0.25, 0.3) is 0 Å². The quantitative estimate of drug-likeness (QED) is 0.146. The van der Waals surface area contributed by atoms with E-state index in [-0.39, 0.29) is 42.1 Å². The number of ketones is 1. The zero-order valence-electron chi connectivity index (χ0n) is 27.2. The molecule has 15 nitrogen and oxygen atoms in total. The minimum atomic E-state index is -1.73. The fourth-order valence-corrected chi connectivity index (χ4v) is 6.13. The average molecular weight is 676 g/mol. The Hall–Kier alpha value is -5.73. The number of nitrogens with one attached hydrogen (secondary N) is 2. The van der Waals surface area contributed by atoms with Gasteiger partial charge in [-0.25, -0.2) is 4.79 Å². The minimum Gasteiger partial charge on any atom is -0.369 e. The standard InChI is InChI=1S/C34H37N5O10/c1-4-20(29(35)44)16-34(3,27-19(2)31(46)38(32(27)47)17-26(42)49-39-24(40)14-15-25(39)41)33(48)37-18-36-30(45)23-12-10-22(11-13-23)28(43)21-8-6-5-7-9-21/h5-13,19-20,27H,4,14-18H2,1-3H3,(H2,35,44)(H,36,45)(H,37,48). The summed E-state index contributed by atoms with van der Waals surface area (Å²) in [5, 5.41) is 5.39. The molecular formula is C34H37N5O10. The van der Waals surface area contributed by atoms with Crippen LogP contribution in [0.1, 0.15) is 72.7 Å². The molecule has 2 heterocycles. The summed E-state index contributed by atoms with van der Waals surface area (Å²) in [4.78, 5) is 120. The van der Waals surface area contributed by atoms with E-state index >= 15 is 0 Å². The summed E-state index contributed by atoms with van der Waals surface area (Å²) in [5.41, 5.74) is 4.91. The van der Waals surface area contributed by atoms with Gasteiger partial charge in [0, 0.05) is 41.4 Å². The van der Waals surface area contributed by atoms with Crippen molar-refractivity contribution in [2.24, 2.45) is 28.9 Å². The lowest BCUT2D eigenvalue weighted by Gasteiger charge is -2.36. The van der Waals surface area contributed by atoms with Crippen LogP contribution in [0.4, 0.5) is 0 Å². The lowest BCUT2D eigenvalue weighted by molar-refractivity contribution is -0.198. The highest BCUT2D eigenvalue weighted by Crippen LogP contribution is 2.45. The minimum absolute atomic E-state index is 0.152. The summed E-state index contributed by atoms with van der Waals surface area (Å²) in [6.07, 6.45) is -0.323. The van der Waals surface area contributed by atoms with Crippen LogP contribution < -0.4 is 16.4 Å². The molecule has 0 aromatic heterocycles. The predicted molar refractivity (Wildman–Crippen MR) is 169 cm³/mol. The van der Waals surface area contributed by atoms with Crippen LogP contribution >= 0.6 is 0 Å². The van der Waals surface area contributed by atoms with Gasteiger partial charge in [-0.15, -0.1) is 5.06 Å². The van der Waals surface area contributed by atoms with Gasteiger partial charge in [0.25, 0.3) is 17.7 Å². The van der Waals surface area contributed by atoms with Crippen molar-refractivity contribution < 1.29 is 48.0 Å². The lowest BCUT2D eigenvalue weighted by atomic mass is 9.66. The number of nitrogens with two attached hydrogens (primary N) is 1. The summed E-state index contributed by atoms with van der Waals surface area (Å²) in [7, 11) is 0. The third kappa shape index (κ3) is 7.71. The third-order valence-corrected chi connectivity index (χ3v) is 8.89. The molecule has 2 aromatic rings. The topological polar surface area (TPSA) is 219 Å². The number of benzene rings is 2. The van der Waals surface area contributed by atoms with Crippen LogP contribution in [-0.4, -0.2) is 76.3 Å². The summed E-state index contributed by atoms with van der Waals surface area (Å²) in [6, 6.07) is 14.5. The number of nitrogens with zero attached hydrogens (tertiary/aromatic N) is 2. The molecule has 2 aliphatic rings. The van der Waals surface area contributed by atoms with Gasteiger partial charge in [-0.3, -0.25) is 43.3 Å².